The van der Waals surface area contributed by atoms with Crippen LogP contribution in [0.25, 0.3) is 0 Å². The molecule has 0 radical (unpaired) electrons. The van der Waals surface area contributed by atoms with Crippen molar-refractivity contribution in [2.45, 2.75) is 32.9 Å². The van der Waals surface area contributed by atoms with Gasteiger partial charge in [-0.15, -0.1) is 0 Å². The number of aromatic nitrogens is 4. The number of imidazole rings is 1. The highest BCUT2D eigenvalue weighted by Crippen LogP contribution is 2.04. The summed E-state index contributed by atoms with van der Waals surface area (Å²) in [6.07, 6.45) is 5.62. The fourth-order valence-corrected chi connectivity index (χ4v) is 1.81. The molecule has 0 aliphatic carbocycles. The summed E-state index contributed by atoms with van der Waals surface area (Å²) in [6.45, 7) is 4.88. The SMILES string of the molecule is CCCc1noc(Cn2cnc(CNCCOC)c2)n1. The summed E-state index contributed by atoms with van der Waals surface area (Å²) in [6, 6.07) is 0. The molecular weight excluding hydrogens is 258 g/mol. The molecule has 0 amide bonds. The van der Waals surface area contributed by atoms with E-state index in [4.69, 9.17) is 9.26 Å². The van der Waals surface area contributed by atoms with Gasteiger partial charge in [0.1, 0.15) is 6.54 Å². The van der Waals surface area contributed by atoms with E-state index in [1.54, 1.807) is 13.4 Å². The van der Waals surface area contributed by atoms with Crippen LogP contribution in [-0.4, -0.2) is 40.0 Å². The van der Waals surface area contributed by atoms with E-state index in [1.807, 2.05) is 10.8 Å². The lowest BCUT2D eigenvalue weighted by molar-refractivity contribution is 0.199. The van der Waals surface area contributed by atoms with Crippen LogP contribution in [0.4, 0.5) is 0 Å². The molecule has 0 unspecified atom stereocenters. The highest BCUT2D eigenvalue weighted by molar-refractivity contribution is 4.98. The van der Waals surface area contributed by atoms with Crippen LogP contribution < -0.4 is 5.32 Å². The molecule has 2 aromatic heterocycles. The van der Waals surface area contributed by atoms with Crippen molar-refractivity contribution in [3.8, 4) is 0 Å². The largest absolute Gasteiger partial charge is 0.383 e. The minimum Gasteiger partial charge on any atom is -0.383 e. The van der Waals surface area contributed by atoms with Gasteiger partial charge in [0.25, 0.3) is 0 Å². The number of ether oxygens (including phenoxy) is 1. The molecular formula is C13H21N5O2. The molecule has 0 atom stereocenters. The van der Waals surface area contributed by atoms with Gasteiger partial charge in [0, 0.05) is 32.8 Å². The fraction of sp³-hybridized carbons (Fsp3) is 0.615. The van der Waals surface area contributed by atoms with Crippen LogP contribution in [0.3, 0.4) is 0 Å². The minimum absolute atomic E-state index is 0.557. The van der Waals surface area contributed by atoms with Crippen molar-refractivity contribution in [2.75, 3.05) is 20.3 Å². The Morgan fingerprint density at radius 1 is 1.45 bits per heavy atom. The number of methoxy groups -OCH3 is 1. The Bertz CT molecular complexity index is 508. The molecule has 2 rings (SSSR count). The molecule has 0 aliphatic heterocycles. The number of hydrogen-bond acceptors (Lipinski definition) is 6. The lowest BCUT2D eigenvalue weighted by Gasteiger charge is -2.00. The quantitative estimate of drug-likeness (QED) is 0.690. The van der Waals surface area contributed by atoms with E-state index in [1.165, 1.54) is 0 Å². The Balaban J connectivity index is 1.82. The molecule has 0 fully saturated rings. The van der Waals surface area contributed by atoms with Crippen LogP contribution in [0.15, 0.2) is 17.0 Å². The molecule has 0 aromatic carbocycles. The first kappa shape index (κ1) is 14.7. The van der Waals surface area contributed by atoms with Crippen LogP contribution in [0.2, 0.25) is 0 Å². The first-order chi connectivity index (χ1) is 9.81. The van der Waals surface area contributed by atoms with Crippen molar-refractivity contribution in [2.24, 2.45) is 0 Å². The summed E-state index contributed by atoms with van der Waals surface area (Å²) < 4.78 is 12.1. The van der Waals surface area contributed by atoms with Crippen LogP contribution in [0.5, 0.6) is 0 Å². The zero-order chi connectivity index (χ0) is 14.2. The summed E-state index contributed by atoms with van der Waals surface area (Å²) in [5.41, 5.74) is 0.981. The van der Waals surface area contributed by atoms with Crippen molar-refractivity contribution < 1.29 is 9.26 Å². The zero-order valence-corrected chi connectivity index (χ0v) is 12.0. The first-order valence-corrected chi connectivity index (χ1v) is 6.83. The Morgan fingerprint density at radius 2 is 2.35 bits per heavy atom. The maximum absolute atomic E-state index is 5.20. The van der Waals surface area contributed by atoms with Crippen LogP contribution >= 0.6 is 0 Å². The maximum Gasteiger partial charge on any atom is 0.246 e. The topological polar surface area (TPSA) is 78.0 Å². The van der Waals surface area contributed by atoms with E-state index in [-0.39, 0.29) is 0 Å². The van der Waals surface area contributed by atoms with Gasteiger partial charge in [-0.25, -0.2) is 4.98 Å². The van der Waals surface area contributed by atoms with Crippen molar-refractivity contribution in [3.63, 3.8) is 0 Å². The Morgan fingerprint density at radius 3 is 3.15 bits per heavy atom. The van der Waals surface area contributed by atoms with Gasteiger partial charge in [-0.1, -0.05) is 12.1 Å². The second kappa shape index (κ2) is 7.76. The molecule has 110 valence electrons. The summed E-state index contributed by atoms with van der Waals surface area (Å²) >= 11 is 0. The van der Waals surface area contributed by atoms with E-state index in [2.05, 4.69) is 27.4 Å². The second-order valence-electron chi connectivity index (χ2n) is 4.56. The second-order valence-corrected chi connectivity index (χ2v) is 4.56. The molecule has 20 heavy (non-hydrogen) atoms. The van der Waals surface area contributed by atoms with Gasteiger partial charge in [-0.05, 0) is 6.42 Å². The van der Waals surface area contributed by atoms with Crippen molar-refractivity contribution in [1.82, 2.24) is 25.0 Å². The minimum atomic E-state index is 0.557. The number of nitrogens with zero attached hydrogens (tertiary/aromatic N) is 4. The van der Waals surface area contributed by atoms with E-state index >= 15 is 0 Å². The average Bonchev–Trinajstić information content (AvgIpc) is 3.06. The fourth-order valence-electron chi connectivity index (χ4n) is 1.81. The standard InChI is InChI=1S/C13H21N5O2/c1-3-4-12-16-13(20-17-12)9-18-8-11(15-10-18)7-14-5-6-19-2/h8,10,14H,3-7,9H2,1-2H3. The molecule has 0 bridgehead atoms. The Kier molecular flexibility index (Phi) is 5.69. The molecule has 7 nitrogen and oxygen atoms in total. The van der Waals surface area contributed by atoms with E-state index < -0.39 is 0 Å². The molecule has 7 heteroatoms. The molecule has 2 aromatic rings. The van der Waals surface area contributed by atoms with Gasteiger partial charge in [-0.3, -0.25) is 0 Å². The summed E-state index contributed by atoms with van der Waals surface area (Å²) in [4.78, 5) is 8.66. The number of nitrogens with one attached hydrogen (secondary N) is 1. The Hall–Kier alpha value is -1.73. The van der Waals surface area contributed by atoms with E-state index in [0.29, 0.717) is 19.0 Å². The van der Waals surface area contributed by atoms with Crippen LogP contribution in [0, 0.1) is 0 Å². The van der Waals surface area contributed by atoms with Gasteiger partial charge in [-0.2, -0.15) is 4.98 Å². The summed E-state index contributed by atoms with van der Waals surface area (Å²) in [5.74, 6) is 1.38. The van der Waals surface area contributed by atoms with Gasteiger partial charge >= 0.3 is 0 Å². The highest BCUT2D eigenvalue weighted by atomic mass is 16.5. The third-order valence-electron chi connectivity index (χ3n) is 2.78. The monoisotopic (exact) mass is 279 g/mol. The molecule has 1 N–H and O–H groups in total. The van der Waals surface area contributed by atoms with E-state index in [0.717, 1.165) is 37.4 Å². The van der Waals surface area contributed by atoms with Gasteiger partial charge in [0.05, 0.1) is 18.6 Å². The highest BCUT2D eigenvalue weighted by Gasteiger charge is 2.07. The third-order valence-corrected chi connectivity index (χ3v) is 2.78. The van der Waals surface area contributed by atoms with Gasteiger partial charge < -0.3 is 19.1 Å². The molecule has 0 saturated carbocycles. The van der Waals surface area contributed by atoms with Crippen molar-refractivity contribution >= 4 is 0 Å². The number of rotatable bonds is 9. The van der Waals surface area contributed by atoms with Crippen LogP contribution in [-0.2, 0) is 24.2 Å². The van der Waals surface area contributed by atoms with Crippen molar-refractivity contribution in [3.05, 3.63) is 29.9 Å². The Labute approximate surface area is 118 Å². The predicted molar refractivity (Wildman–Crippen MR) is 73.2 cm³/mol. The number of hydrogen-bond donors (Lipinski definition) is 1. The lowest BCUT2D eigenvalue weighted by Crippen LogP contribution is -2.18. The third kappa shape index (κ3) is 4.43. The summed E-state index contributed by atoms with van der Waals surface area (Å²) in [5, 5.41) is 7.18. The predicted octanol–water partition coefficient (Wildman–Crippen LogP) is 1.00. The molecule has 0 spiro atoms. The molecule has 0 saturated heterocycles. The smallest absolute Gasteiger partial charge is 0.246 e. The maximum atomic E-state index is 5.20. The molecule has 2 heterocycles. The molecule has 0 aliphatic rings. The lowest BCUT2D eigenvalue weighted by atomic mass is 10.3. The van der Waals surface area contributed by atoms with Gasteiger partial charge in [0.15, 0.2) is 5.82 Å². The summed E-state index contributed by atoms with van der Waals surface area (Å²) in [7, 11) is 1.69. The van der Waals surface area contributed by atoms with E-state index in [9.17, 15) is 0 Å². The first-order valence-electron chi connectivity index (χ1n) is 6.83. The number of aryl methyl sites for hydroxylation is 1. The van der Waals surface area contributed by atoms with Gasteiger partial charge in [0.2, 0.25) is 5.89 Å². The average molecular weight is 279 g/mol. The van der Waals surface area contributed by atoms with Crippen molar-refractivity contribution in [1.29, 1.82) is 0 Å². The van der Waals surface area contributed by atoms with Crippen LogP contribution in [0.1, 0.15) is 30.8 Å². The normalized spacial score (nSPS) is 11.1. The zero-order valence-electron chi connectivity index (χ0n) is 12.0.